The highest BCUT2D eigenvalue weighted by molar-refractivity contribution is 6.17. The molecule has 0 radical (unpaired) electrons. The molecule has 90 valence electrons. The lowest BCUT2D eigenvalue weighted by molar-refractivity contribution is 0.458. The molecule has 0 aliphatic heterocycles. The average molecular weight is 259 g/mol. The highest BCUT2D eigenvalue weighted by atomic mass is 35.5. The van der Waals surface area contributed by atoms with Gasteiger partial charge in [-0.2, -0.15) is 5.26 Å². The normalized spacial score (nSPS) is 9.78. The summed E-state index contributed by atoms with van der Waals surface area (Å²) in [5.41, 5.74) is 1.81. The Kier molecular flexibility index (Phi) is 4.16. The summed E-state index contributed by atoms with van der Waals surface area (Å²) in [6, 6.07) is 13.2. The fourth-order valence-corrected chi connectivity index (χ4v) is 1.70. The summed E-state index contributed by atoms with van der Waals surface area (Å²) in [4.78, 5) is 4.14. The predicted octanol–water partition coefficient (Wildman–Crippen LogP) is 3.68. The molecule has 0 saturated carbocycles. The van der Waals surface area contributed by atoms with Crippen molar-refractivity contribution >= 4 is 11.6 Å². The molecular weight excluding hydrogens is 248 g/mol. The van der Waals surface area contributed by atoms with Crippen LogP contribution in [0.25, 0.3) is 0 Å². The number of nitriles is 1. The van der Waals surface area contributed by atoms with Gasteiger partial charge >= 0.3 is 0 Å². The summed E-state index contributed by atoms with van der Waals surface area (Å²) in [6.07, 6.45) is 2.06. The van der Waals surface area contributed by atoms with E-state index in [0.717, 1.165) is 11.1 Å². The second kappa shape index (κ2) is 6.04. The minimum absolute atomic E-state index is 0.357. The van der Waals surface area contributed by atoms with Gasteiger partial charge in [-0.3, -0.25) is 0 Å². The van der Waals surface area contributed by atoms with Crippen LogP contribution in [0.3, 0.4) is 0 Å². The Labute approximate surface area is 111 Å². The van der Waals surface area contributed by atoms with Gasteiger partial charge in [0.15, 0.2) is 0 Å². The summed E-state index contributed by atoms with van der Waals surface area (Å²) in [5.74, 6) is 1.55. The molecule has 0 N–H and O–H groups in total. The van der Waals surface area contributed by atoms with E-state index < -0.39 is 0 Å². The van der Waals surface area contributed by atoms with E-state index in [2.05, 4.69) is 11.1 Å². The van der Waals surface area contributed by atoms with E-state index in [9.17, 15) is 0 Å². The lowest BCUT2D eigenvalue weighted by Crippen LogP contribution is -1.92. The first-order valence-corrected chi connectivity index (χ1v) is 6.00. The topological polar surface area (TPSA) is 45.9 Å². The molecule has 0 fully saturated rings. The van der Waals surface area contributed by atoms with Crippen LogP contribution in [-0.2, 0) is 12.3 Å². The molecule has 0 spiro atoms. The minimum Gasteiger partial charge on any atom is -0.439 e. The number of aromatic nitrogens is 1. The molecule has 0 amide bonds. The zero-order chi connectivity index (χ0) is 12.8. The second-order valence-corrected chi connectivity index (χ2v) is 3.95. The van der Waals surface area contributed by atoms with Crippen LogP contribution in [-0.4, -0.2) is 4.98 Å². The van der Waals surface area contributed by atoms with Crippen LogP contribution in [0.5, 0.6) is 11.6 Å². The first kappa shape index (κ1) is 12.4. The molecule has 2 aromatic rings. The van der Waals surface area contributed by atoms with E-state index in [-0.39, 0.29) is 0 Å². The molecule has 0 saturated heterocycles. The molecule has 0 aliphatic rings. The second-order valence-electron chi connectivity index (χ2n) is 3.68. The molecule has 3 nitrogen and oxygen atoms in total. The van der Waals surface area contributed by atoms with Crippen molar-refractivity contribution < 1.29 is 4.74 Å². The SMILES string of the molecule is N#CCc1ccc(Oc2ncccc2CCl)cc1. The highest BCUT2D eigenvalue weighted by Crippen LogP contribution is 2.24. The summed E-state index contributed by atoms with van der Waals surface area (Å²) in [5, 5.41) is 8.59. The van der Waals surface area contributed by atoms with Crippen molar-refractivity contribution in [3.05, 3.63) is 53.7 Å². The van der Waals surface area contributed by atoms with Gasteiger partial charge in [0.25, 0.3) is 0 Å². The summed E-state index contributed by atoms with van der Waals surface area (Å²) < 4.78 is 5.66. The smallest absolute Gasteiger partial charge is 0.223 e. The molecule has 1 heterocycles. The summed E-state index contributed by atoms with van der Waals surface area (Å²) in [7, 11) is 0. The van der Waals surface area contributed by atoms with E-state index in [1.165, 1.54) is 0 Å². The number of nitrogens with zero attached hydrogens (tertiary/aromatic N) is 2. The van der Waals surface area contributed by atoms with E-state index in [1.54, 1.807) is 6.20 Å². The monoisotopic (exact) mass is 258 g/mol. The van der Waals surface area contributed by atoms with Crippen LogP contribution in [0.2, 0.25) is 0 Å². The maximum absolute atomic E-state index is 8.59. The van der Waals surface area contributed by atoms with Gasteiger partial charge in [-0.05, 0) is 23.8 Å². The number of hydrogen-bond acceptors (Lipinski definition) is 3. The third-order valence-corrected chi connectivity index (χ3v) is 2.70. The van der Waals surface area contributed by atoms with E-state index >= 15 is 0 Å². The third-order valence-electron chi connectivity index (χ3n) is 2.41. The molecule has 0 aliphatic carbocycles. The van der Waals surface area contributed by atoms with Crippen LogP contribution in [0, 0.1) is 11.3 Å². The van der Waals surface area contributed by atoms with Crippen LogP contribution in [0.1, 0.15) is 11.1 Å². The van der Waals surface area contributed by atoms with Crippen molar-refractivity contribution in [2.75, 3.05) is 0 Å². The van der Waals surface area contributed by atoms with Crippen molar-refractivity contribution in [2.24, 2.45) is 0 Å². The third kappa shape index (κ3) is 2.99. The number of ether oxygens (including phenoxy) is 1. The molecule has 4 heteroatoms. The van der Waals surface area contributed by atoms with E-state index in [4.69, 9.17) is 21.6 Å². The highest BCUT2D eigenvalue weighted by Gasteiger charge is 2.04. The predicted molar refractivity (Wildman–Crippen MR) is 69.6 cm³/mol. The van der Waals surface area contributed by atoms with Crippen molar-refractivity contribution in [1.29, 1.82) is 5.26 Å². The van der Waals surface area contributed by atoms with Gasteiger partial charge in [0.05, 0.1) is 18.4 Å². The zero-order valence-corrected chi connectivity index (χ0v) is 10.4. The fraction of sp³-hybridized carbons (Fsp3) is 0.143. The van der Waals surface area contributed by atoms with E-state index in [1.807, 2.05) is 36.4 Å². The van der Waals surface area contributed by atoms with Gasteiger partial charge in [-0.1, -0.05) is 18.2 Å². The van der Waals surface area contributed by atoms with Crippen LogP contribution >= 0.6 is 11.6 Å². The Hall–Kier alpha value is -2.05. The zero-order valence-electron chi connectivity index (χ0n) is 9.64. The lowest BCUT2D eigenvalue weighted by atomic mass is 10.2. The Bertz CT molecular complexity index is 561. The molecule has 18 heavy (non-hydrogen) atoms. The van der Waals surface area contributed by atoms with Gasteiger partial charge in [-0.25, -0.2) is 4.98 Å². The Morgan fingerprint density at radius 3 is 2.67 bits per heavy atom. The minimum atomic E-state index is 0.357. The summed E-state index contributed by atoms with van der Waals surface area (Å²) >= 11 is 5.81. The van der Waals surface area contributed by atoms with Crippen molar-refractivity contribution in [1.82, 2.24) is 4.98 Å². The number of benzene rings is 1. The van der Waals surface area contributed by atoms with E-state index in [0.29, 0.717) is 23.9 Å². The first-order chi connectivity index (χ1) is 8.83. The van der Waals surface area contributed by atoms with Crippen molar-refractivity contribution in [2.45, 2.75) is 12.3 Å². The number of alkyl halides is 1. The van der Waals surface area contributed by atoms with Crippen molar-refractivity contribution in [3.8, 4) is 17.7 Å². The van der Waals surface area contributed by atoms with Crippen molar-refractivity contribution in [3.63, 3.8) is 0 Å². The van der Waals surface area contributed by atoms with Gasteiger partial charge < -0.3 is 4.74 Å². The maximum atomic E-state index is 8.59. The van der Waals surface area contributed by atoms with Gasteiger partial charge in [-0.15, -0.1) is 11.6 Å². The molecule has 0 bridgehead atoms. The largest absolute Gasteiger partial charge is 0.439 e. The lowest BCUT2D eigenvalue weighted by Gasteiger charge is -2.08. The molecule has 0 atom stereocenters. The number of halogens is 1. The first-order valence-electron chi connectivity index (χ1n) is 5.47. The molecule has 2 rings (SSSR count). The quantitative estimate of drug-likeness (QED) is 0.786. The number of rotatable bonds is 4. The van der Waals surface area contributed by atoms with Gasteiger partial charge in [0, 0.05) is 11.8 Å². The standard InChI is InChI=1S/C14H11ClN2O/c15-10-12-2-1-9-17-14(12)18-13-5-3-11(4-6-13)7-8-16/h1-6,9H,7,10H2. The Balaban J connectivity index is 2.16. The Morgan fingerprint density at radius 2 is 2.00 bits per heavy atom. The molecule has 0 unspecified atom stereocenters. The molecule has 1 aromatic carbocycles. The Morgan fingerprint density at radius 1 is 1.22 bits per heavy atom. The molecular formula is C14H11ClN2O. The van der Waals surface area contributed by atoms with Crippen LogP contribution in [0.15, 0.2) is 42.6 Å². The molecule has 1 aromatic heterocycles. The number of hydrogen-bond donors (Lipinski definition) is 0. The maximum Gasteiger partial charge on any atom is 0.223 e. The summed E-state index contributed by atoms with van der Waals surface area (Å²) in [6.45, 7) is 0. The van der Waals surface area contributed by atoms with Crippen LogP contribution in [0.4, 0.5) is 0 Å². The fourth-order valence-electron chi connectivity index (χ4n) is 1.50. The van der Waals surface area contributed by atoms with Gasteiger partial charge in [0.1, 0.15) is 5.75 Å². The average Bonchev–Trinajstić information content (AvgIpc) is 2.42. The van der Waals surface area contributed by atoms with Crippen LogP contribution < -0.4 is 4.74 Å². The number of pyridine rings is 1. The van der Waals surface area contributed by atoms with Gasteiger partial charge in [0.2, 0.25) is 5.88 Å².